The molecular weight excluding hydrogens is 172 g/mol. The van der Waals surface area contributed by atoms with Gasteiger partial charge in [-0.1, -0.05) is 37.3 Å². The molecule has 0 aromatic heterocycles. The zero-order valence-corrected chi connectivity index (χ0v) is 8.67. The van der Waals surface area contributed by atoms with Crippen molar-refractivity contribution in [2.45, 2.75) is 44.9 Å². The Morgan fingerprint density at radius 2 is 2.00 bits per heavy atom. The lowest BCUT2D eigenvalue weighted by Gasteiger charge is -2.27. The van der Waals surface area contributed by atoms with E-state index in [1.54, 1.807) is 5.57 Å². The van der Waals surface area contributed by atoms with Crippen LogP contribution in [0.4, 0.5) is 0 Å². The van der Waals surface area contributed by atoms with E-state index in [-0.39, 0.29) is 0 Å². The fraction of sp³-hybridized carbons (Fsp3) is 0.769. The summed E-state index contributed by atoms with van der Waals surface area (Å²) in [4.78, 5) is 11.3. The molecule has 76 valence electrons. The van der Waals surface area contributed by atoms with Gasteiger partial charge in [-0.25, -0.2) is 0 Å². The van der Waals surface area contributed by atoms with Gasteiger partial charge in [0.15, 0.2) is 0 Å². The molecule has 0 N–H and O–H groups in total. The minimum absolute atomic E-state index is 0.353. The van der Waals surface area contributed by atoms with E-state index in [0.29, 0.717) is 11.7 Å². The molecule has 0 bridgehead atoms. The van der Waals surface area contributed by atoms with Crippen molar-refractivity contribution < 1.29 is 4.79 Å². The van der Waals surface area contributed by atoms with Gasteiger partial charge in [0.1, 0.15) is 5.78 Å². The molecule has 3 aliphatic carbocycles. The Labute approximate surface area is 85.6 Å². The molecule has 0 saturated heterocycles. The normalized spacial score (nSPS) is 36.9. The van der Waals surface area contributed by atoms with Crippen LogP contribution in [-0.2, 0) is 4.79 Å². The summed E-state index contributed by atoms with van der Waals surface area (Å²) in [5.74, 6) is 2.52. The molecule has 3 rings (SSSR count). The van der Waals surface area contributed by atoms with Gasteiger partial charge in [-0.3, -0.25) is 4.79 Å². The Morgan fingerprint density at radius 1 is 1.21 bits per heavy atom. The Morgan fingerprint density at radius 3 is 2.64 bits per heavy atom. The summed E-state index contributed by atoms with van der Waals surface area (Å²) in [6, 6.07) is 0. The Kier molecular flexibility index (Phi) is 2.00. The van der Waals surface area contributed by atoms with Crippen molar-refractivity contribution in [1.82, 2.24) is 0 Å². The highest BCUT2D eigenvalue weighted by atomic mass is 16.1. The van der Waals surface area contributed by atoms with Crippen molar-refractivity contribution in [3.05, 3.63) is 11.6 Å². The van der Waals surface area contributed by atoms with Crippen LogP contribution in [0.5, 0.6) is 0 Å². The summed E-state index contributed by atoms with van der Waals surface area (Å²) in [6.07, 6.45) is 11.5. The van der Waals surface area contributed by atoms with Crippen LogP contribution in [0.2, 0.25) is 0 Å². The van der Waals surface area contributed by atoms with Crippen LogP contribution in [-0.4, -0.2) is 5.78 Å². The van der Waals surface area contributed by atoms with Crippen molar-refractivity contribution in [3.8, 4) is 0 Å². The number of ketones is 1. The number of carbonyl (C=O) groups is 1. The number of carbonyl (C=O) groups excluding carboxylic acids is 1. The van der Waals surface area contributed by atoms with Gasteiger partial charge < -0.3 is 0 Å². The Balaban J connectivity index is 1.61. The van der Waals surface area contributed by atoms with E-state index in [1.165, 1.54) is 38.5 Å². The molecule has 0 radical (unpaired) electrons. The van der Waals surface area contributed by atoms with Crippen LogP contribution < -0.4 is 0 Å². The number of fused-ring (bicyclic) bond motifs is 1. The second-order valence-electron chi connectivity index (χ2n) is 5.34. The first kappa shape index (κ1) is 8.70. The highest BCUT2D eigenvalue weighted by Crippen LogP contribution is 2.45. The maximum atomic E-state index is 11.3. The molecule has 0 spiro atoms. The molecule has 0 aromatic rings. The molecule has 0 heterocycles. The average molecular weight is 190 g/mol. The molecule has 1 nitrogen and oxygen atoms in total. The highest BCUT2D eigenvalue weighted by molar-refractivity contribution is 5.90. The quantitative estimate of drug-likeness (QED) is 0.611. The monoisotopic (exact) mass is 190 g/mol. The lowest BCUT2D eigenvalue weighted by atomic mass is 9.75. The molecule has 14 heavy (non-hydrogen) atoms. The predicted molar refractivity (Wildman–Crippen MR) is 55.9 cm³/mol. The lowest BCUT2D eigenvalue weighted by molar-refractivity contribution is -0.130. The first-order valence-corrected chi connectivity index (χ1v) is 6.05. The van der Waals surface area contributed by atoms with E-state index in [1.807, 2.05) is 0 Å². The van der Waals surface area contributed by atoms with Gasteiger partial charge in [0.25, 0.3) is 0 Å². The Bertz CT molecular complexity index is 284. The lowest BCUT2D eigenvalue weighted by Crippen LogP contribution is -2.32. The van der Waals surface area contributed by atoms with Crippen molar-refractivity contribution in [2.24, 2.45) is 17.8 Å². The van der Waals surface area contributed by atoms with Crippen LogP contribution in [0.1, 0.15) is 44.9 Å². The minimum Gasteiger partial charge on any atom is -0.299 e. The third kappa shape index (κ3) is 1.34. The number of hydrogen-bond acceptors (Lipinski definition) is 1. The van der Waals surface area contributed by atoms with Crippen LogP contribution in [0.3, 0.4) is 0 Å². The molecule has 0 amide bonds. The summed E-state index contributed by atoms with van der Waals surface area (Å²) < 4.78 is 0. The molecule has 1 heteroatoms. The number of rotatable bonds is 2. The van der Waals surface area contributed by atoms with Gasteiger partial charge in [-0.15, -0.1) is 0 Å². The molecule has 2 atom stereocenters. The maximum absolute atomic E-state index is 11.3. The molecule has 0 aliphatic heterocycles. The molecule has 2 saturated carbocycles. The number of allylic oxidation sites excluding steroid dienone is 2. The van der Waals surface area contributed by atoms with Gasteiger partial charge in [0.2, 0.25) is 0 Å². The standard InChI is InChI=1S/C13H18O/c14-13-8-11-6-10(7-12(11)13)5-9-3-1-2-4-9/h7,9,11-12H,1-6,8H2/t11-,12?/m1/s1. The second kappa shape index (κ2) is 3.22. The fourth-order valence-corrected chi connectivity index (χ4v) is 3.45. The van der Waals surface area contributed by atoms with Gasteiger partial charge >= 0.3 is 0 Å². The van der Waals surface area contributed by atoms with E-state index in [2.05, 4.69) is 6.08 Å². The third-order valence-corrected chi connectivity index (χ3v) is 4.31. The number of hydrogen-bond donors (Lipinski definition) is 0. The minimum atomic E-state index is 0.353. The summed E-state index contributed by atoms with van der Waals surface area (Å²) >= 11 is 0. The highest BCUT2D eigenvalue weighted by Gasteiger charge is 2.42. The molecule has 0 aromatic carbocycles. The van der Waals surface area contributed by atoms with Crippen LogP contribution in [0.25, 0.3) is 0 Å². The second-order valence-corrected chi connectivity index (χ2v) is 5.34. The zero-order chi connectivity index (χ0) is 9.54. The van der Waals surface area contributed by atoms with Gasteiger partial charge in [-0.2, -0.15) is 0 Å². The summed E-state index contributed by atoms with van der Waals surface area (Å²) in [7, 11) is 0. The van der Waals surface area contributed by atoms with Crippen molar-refractivity contribution in [1.29, 1.82) is 0 Å². The van der Waals surface area contributed by atoms with Crippen molar-refractivity contribution >= 4 is 5.78 Å². The topological polar surface area (TPSA) is 17.1 Å². The van der Waals surface area contributed by atoms with Crippen LogP contribution >= 0.6 is 0 Å². The maximum Gasteiger partial charge on any atom is 0.140 e. The van der Waals surface area contributed by atoms with Crippen LogP contribution in [0.15, 0.2) is 11.6 Å². The average Bonchev–Trinajstić information content (AvgIpc) is 2.74. The largest absolute Gasteiger partial charge is 0.299 e. The van der Waals surface area contributed by atoms with Crippen molar-refractivity contribution in [2.75, 3.05) is 0 Å². The van der Waals surface area contributed by atoms with Crippen molar-refractivity contribution in [3.63, 3.8) is 0 Å². The molecule has 1 unspecified atom stereocenters. The van der Waals surface area contributed by atoms with Gasteiger partial charge in [0.05, 0.1) is 0 Å². The smallest absolute Gasteiger partial charge is 0.140 e. The van der Waals surface area contributed by atoms with E-state index < -0.39 is 0 Å². The summed E-state index contributed by atoms with van der Waals surface area (Å²) in [6.45, 7) is 0. The van der Waals surface area contributed by atoms with Gasteiger partial charge in [-0.05, 0) is 24.7 Å². The van der Waals surface area contributed by atoms with E-state index in [4.69, 9.17) is 0 Å². The third-order valence-electron chi connectivity index (χ3n) is 4.31. The van der Waals surface area contributed by atoms with Gasteiger partial charge in [0, 0.05) is 12.3 Å². The zero-order valence-electron chi connectivity index (χ0n) is 8.67. The van der Waals surface area contributed by atoms with Crippen LogP contribution in [0, 0.1) is 17.8 Å². The molecule has 3 aliphatic rings. The first-order valence-electron chi connectivity index (χ1n) is 6.05. The first-order chi connectivity index (χ1) is 6.83. The van der Waals surface area contributed by atoms with E-state index >= 15 is 0 Å². The van der Waals surface area contributed by atoms with E-state index in [9.17, 15) is 4.79 Å². The van der Waals surface area contributed by atoms with E-state index in [0.717, 1.165) is 18.3 Å². The SMILES string of the molecule is O=C1C[C@H]2CC(CC3CCCC3)=CC12. The summed E-state index contributed by atoms with van der Waals surface area (Å²) in [5, 5.41) is 0. The molecular formula is C13H18O. The Hall–Kier alpha value is -0.590. The molecule has 2 fully saturated rings. The predicted octanol–water partition coefficient (Wildman–Crippen LogP) is 3.10. The fourth-order valence-electron chi connectivity index (χ4n) is 3.45. The number of Topliss-reactive ketones (excluding diaryl/α,β-unsaturated/α-hetero) is 1. The summed E-state index contributed by atoms with van der Waals surface area (Å²) in [5.41, 5.74) is 1.61.